The Bertz CT molecular complexity index is 1220. The van der Waals surface area contributed by atoms with Crippen LogP contribution in [0, 0.1) is 0 Å². The van der Waals surface area contributed by atoms with Crippen molar-refractivity contribution in [2.75, 3.05) is 0 Å². The lowest BCUT2D eigenvalue weighted by molar-refractivity contribution is 0.0960. The molecule has 24 heavy (non-hydrogen) atoms. The predicted octanol–water partition coefficient (Wildman–Crippen LogP) is 3.26. The molecule has 116 valence electrons. The van der Waals surface area contributed by atoms with Crippen LogP contribution in [-0.2, 0) is 0 Å². The molecule has 2 aromatic carbocycles. The van der Waals surface area contributed by atoms with Gasteiger partial charge in [-0.05, 0) is 35.0 Å². The van der Waals surface area contributed by atoms with Gasteiger partial charge in [-0.3, -0.25) is 14.4 Å². The lowest BCUT2D eigenvalue weighted by atomic mass is 10.1. The topological polar surface area (TPSA) is 56.1 Å². The van der Waals surface area contributed by atoms with E-state index in [0.717, 1.165) is 31.4 Å². The zero-order valence-electron chi connectivity index (χ0n) is 12.4. The lowest BCUT2D eigenvalue weighted by Crippen LogP contribution is -2.29. The van der Waals surface area contributed by atoms with Crippen molar-refractivity contribution in [3.05, 3.63) is 92.2 Å². The maximum Gasteiger partial charge on any atom is 0.270 e. The molecule has 2 heterocycles. The highest BCUT2D eigenvalue weighted by molar-refractivity contribution is 7.16. The van der Waals surface area contributed by atoms with Crippen LogP contribution in [0.1, 0.15) is 10.4 Å². The third-order valence-corrected chi connectivity index (χ3v) is 4.88. The van der Waals surface area contributed by atoms with Crippen molar-refractivity contribution < 1.29 is 4.79 Å². The summed E-state index contributed by atoms with van der Waals surface area (Å²) in [7, 11) is 0. The standard InChI is InChI=1S/C19H11NO3S/c21-17-10-9-12-5-1-3-7-15(12)20(17)18(22)14-11-13-6-2-4-8-16(13)24-19(14)23/h1-11H. The number of carbonyl (C=O) groups excluding carboxylic acids is 1. The molecular weight excluding hydrogens is 322 g/mol. The molecule has 0 aliphatic carbocycles. The van der Waals surface area contributed by atoms with Crippen molar-refractivity contribution >= 4 is 38.2 Å². The first-order valence-corrected chi connectivity index (χ1v) is 8.15. The minimum absolute atomic E-state index is 0.0113. The fraction of sp³-hybridized carbons (Fsp3) is 0. The van der Waals surface area contributed by atoms with E-state index in [0.29, 0.717) is 5.52 Å². The van der Waals surface area contributed by atoms with Gasteiger partial charge in [0.15, 0.2) is 0 Å². The Labute approximate surface area is 140 Å². The number of hydrogen-bond acceptors (Lipinski definition) is 4. The normalized spacial score (nSPS) is 11.0. The summed E-state index contributed by atoms with van der Waals surface area (Å²) < 4.78 is 1.52. The Morgan fingerprint density at radius 3 is 2.38 bits per heavy atom. The summed E-state index contributed by atoms with van der Waals surface area (Å²) >= 11 is 1.01. The van der Waals surface area contributed by atoms with Gasteiger partial charge in [0.25, 0.3) is 11.5 Å². The number of para-hydroxylation sites is 1. The molecule has 0 radical (unpaired) electrons. The Morgan fingerprint density at radius 2 is 1.54 bits per heavy atom. The van der Waals surface area contributed by atoms with E-state index in [9.17, 15) is 14.4 Å². The summed E-state index contributed by atoms with van der Waals surface area (Å²) in [6.07, 6.45) is 0. The number of carbonyl (C=O) groups is 1. The molecule has 0 spiro atoms. The molecule has 0 aliphatic rings. The maximum absolute atomic E-state index is 12.9. The van der Waals surface area contributed by atoms with Gasteiger partial charge in [0.05, 0.1) is 11.1 Å². The fourth-order valence-corrected chi connectivity index (χ4v) is 3.57. The highest BCUT2D eigenvalue weighted by Crippen LogP contribution is 2.18. The van der Waals surface area contributed by atoms with Crippen LogP contribution in [0.2, 0.25) is 0 Å². The van der Waals surface area contributed by atoms with Crippen molar-refractivity contribution in [3.63, 3.8) is 0 Å². The van der Waals surface area contributed by atoms with Gasteiger partial charge in [0.1, 0.15) is 0 Å². The largest absolute Gasteiger partial charge is 0.277 e. The van der Waals surface area contributed by atoms with Gasteiger partial charge >= 0.3 is 0 Å². The third-order valence-electron chi connectivity index (χ3n) is 3.88. The highest BCUT2D eigenvalue weighted by atomic mass is 32.1. The summed E-state index contributed by atoms with van der Waals surface area (Å²) in [5.74, 6) is -0.594. The molecule has 4 nitrogen and oxygen atoms in total. The van der Waals surface area contributed by atoms with Crippen LogP contribution in [0.25, 0.3) is 21.0 Å². The molecule has 0 saturated heterocycles. The zero-order chi connectivity index (χ0) is 16.7. The summed E-state index contributed by atoms with van der Waals surface area (Å²) in [6, 6.07) is 19.0. The minimum Gasteiger partial charge on any atom is -0.277 e. The maximum atomic E-state index is 12.9. The van der Waals surface area contributed by atoms with Crippen LogP contribution in [0.4, 0.5) is 0 Å². The SMILES string of the molecule is O=C(c1cc2ccccc2sc1=O)n1c(=O)ccc2ccccc21. The third kappa shape index (κ3) is 2.26. The summed E-state index contributed by atoms with van der Waals surface area (Å²) in [6.45, 7) is 0. The van der Waals surface area contributed by atoms with Crippen LogP contribution in [-0.4, -0.2) is 10.5 Å². The molecule has 0 saturated carbocycles. The Balaban J connectivity index is 2.01. The van der Waals surface area contributed by atoms with Crippen molar-refractivity contribution in [2.45, 2.75) is 0 Å². The van der Waals surface area contributed by atoms with Crippen LogP contribution >= 0.6 is 11.3 Å². The summed E-state index contributed by atoms with van der Waals surface area (Å²) in [5, 5.41) is 1.57. The number of fused-ring (bicyclic) bond motifs is 2. The first-order valence-electron chi connectivity index (χ1n) is 7.33. The van der Waals surface area contributed by atoms with Gasteiger partial charge in [-0.1, -0.05) is 47.7 Å². The van der Waals surface area contributed by atoms with E-state index in [1.807, 2.05) is 36.4 Å². The molecule has 4 rings (SSSR count). The predicted molar refractivity (Wildman–Crippen MR) is 96.0 cm³/mol. The van der Waals surface area contributed by atoms with Gasteiger partial charge in [0, 0.05) is 10.8 Å². The van der Waals surface area contributed by atoms with E-state index < -0.39 is 11.5 Å². The lowest BCUT2D eigenvalue weighted by Gasteiger charge is -2.08. The van der Waals surface area contributed by atoms with Crippen molar-refractivity contribution in [1.82, 2.24) is 4.57 Å². The quantitative estimate of drug-likeness (QED) is 0.537. The first-order chi connectivity index (χ1) is 11.6. The molecule has 0 aliphatic heterocycles. The Hall–Kier alpha value is -3.05. The minimum atomic E-state index is -0.594. The summed E-state index contributed by atoms with van der Waals surface area (Å²) in [4.78, 5) is 37.6. The van der Waals surface area contributed by atoms with Gasteiger partial charge in [-0.25, -0.2) is 4.57 Å². The van der Waals surface area contributed by atoms with E-state index in [-0.39, 0.29) is 10.3 Å². The second-order valence-corrected chi connectivity index (χ2v) is 6.37. The molecule has 0 N–H and O–H groups in total. The second kappa shape index (κ2) is 5.54. The van der Waals surface area contributed by atoms with E-state index in [1.54, 1.807) is 24.3 Å². The van der Waals surface area contributed by atoms with Gasteiger partial charge in [-0.15, -0.1) is 0 Å². The monoisotopic (exact) mass is 333 g/mol. The first kappa shape index (κ1) is 14.5. The zero-order valence-corrected chi connectivity index (χ0v) is 13.2. The van der Waals surface area contributed by atoms with Gasteiger partial charge < -0.3 is 0 Å². The highest BCUT2D eigenvalue weighted by Gasteiger charge is 2.17. The van der Waals surface area contributed by atoms with Crippen LogP contribution in [0.15, 0.2) is 76.3 Å². The molecule has 0 fully saturated rings. The van der Waals surface area contributed by atoms with E-state index in [1.165, 1.54) is 6.07 Å². The Morgan fingerprint density at radius 1 is 0.833 bits per heavy atom. The number of aromatic nitrogens is 1. The molecule has 0 amide bonds. The van der Waals surface area contributed by atoms with Gasteiger partial charge in [0.2, 0.25) is 4.74 Å². The molecule has 0 unspecified atom stereocenters. The van der Waals surface area contributed by atoms with Gasteiger partial charge in [-0.2, -0.15) is 0 Å². The molecule has 0 bridgehead atoms. The molecule has 5 heteroatoms. The average Bonchev–Trinajstić information content (AvgIpc) is 2.60. The van der Waals surface area contributed by atoms with Crippen molar-refractivity contribution in [3.8, 4) is 0 Å². The van der Waals surface area contributed by atoms with E-state index >= 15 is 0 Å². The molecular formula is C19H11NO3S. The van der Waals surface area contributed by atoms with E-state index in [2.05, 4.69) is 0 Å². The summed E-state index contributed by atoms with van der Waals surface area (Å²) in [5.41, 5.74) is 0.0565. The van der Waals surface area contributed by atoms with Crippen LogP contribution < -0.4 is 10.3 Å². The molecule has 4 aromatic rings. The number of pyridine rings is 1. The Kier molecular flexibility index (Phi) is 3.36. The number of benzene rings is 2. The average molecular weight is 333 g/mol. The second-order valence-electron chi connectivity index (χ2n) is 5.36. The van der Waals surface area contributed by atoms with Crippen molar-refractivity contribution in [1.29, 1.82) is 0 Å². The van der Waals surface area contributed by atoms with Crippen LogP contribution in [0.3, 0.4) is 0 Å². The number of nitrogens with zero attached hydrogens (tertiary/aromatic N) is 1. The van der Waals surface area contributed by atoms with E-state index in [4.69, 9.17) is 0 Å². The molecule has 0 atom stereocenters. The number of hydrogen-bond donors (Lipinski definition) is 0. The van der Waals surface area contributed by atoms with Crippen LogP contribution in [0.5, 0.6) is 0 Å². The fourth-order valence-electron chi connectivity index (χ4n) is 2.73. The molecule has 2 aromatic heterocycles. The smallest absolute Gasteiger partial charge is 0.270 e. The van der Waals surface area contributed by atoms with Crippen molar-refractivity contribution in [2.24, 2.45) is 0 Å². The number of rotatable bonds is 1.